The molecule has 3 aromatic rings. The molecule has 0 aromatic heterocycles. The molecule has 0 radical (unpaired) electrons. The number of hydrogen-bond donors (Lipinski definition) is 0. The van der Waals surface area contributed by atoms with Gasteiger partial charge in [0.1, 0.15) is 0 Å². The van der Waals surface area contributed by atoms with Crippen LogP contribution in [0.25, 0.3) is 0 Å². The van der Waals surface area contributed by atoms with Crippen molar-refractivity contribution in [1.29, 1.82) is 0 Å². The van der Waals surface area contributed by atoms with Crippen LogP contribution in [0.5, 0.6) is 17.2 Å². The maximum atomic E-state index is 11.1. The minimum Gasteiger partial charge on any atom is -0.872 e. The number of hydrogen-bond acceptors (Lipinski definition) is 3. The number of aryl methyl sites for hydroxylation is 9. The molecule has 3 rings (SSSR count). The molecule has 0 N–H and O–H groups in total. The van der Waals surface area contributed by atoms with Crippen LogP contribution in [0.2, 0.25) is 0 Å². The Balaban J connectivity index is 0.000000429. The van der Waals surface area contributed by atoms with Gasteiger partial charge in [-0.25, -0.2) is 0 Å². The van der Waals surface area contributed by atoms with Crippen molar-refractivity contribution >= 4 is 0 Å². The van der Waals surface area contributed by atoms with Crippen LogP contribution in [0.15, 0.2) is 36.4 Å². The molecule has 0 heterocycles. The largest absolute Gasteiger partial charge is 3.00 e. The van der Waals surface area contributed by atoms with Crippen LogP contribution in [0, 0.1) is 62.3 Å². The van der Waals surface area contributed by atoms with E-state index in [1.165, 1.54) is 0 Å². The number of rotatable bonds is 0. The van der Waals surface area contributed by atoms with E-state index in [9.17, 15) is 15.3 Å². The molecule has 3 nitrogen and oxygen atoms in total. The van der Waals surface area contributed by atoms with E-state index in [1.54, 1.807) is 0 Å². The van der Waals surface area contributed by atoms with Crippen LogP contribution in [0.4, 0.5) is 0 Å². The zero-order chi connectivity index (χ0) is 23.2. The van der Waals surface area contributed by atoms with Gasteiger partial charge in [-0.05, 0) is 62.3 Å². The van der Waals surface area contributed by atoms with E-state index < -0.39 is 0 Å². The van der Waals surface area contributed by atoms with Gasteiger partial charge in [-0.1, -0.05) is 86.5 Å². The van der Waals surface area contributed by atoms with Crippen molar-refractivity contribution in [1.82, 2.24) is 0 Å². The monoisotopic (exact) mass is 494 g/mol. The van der Waals surface area contributed by atoms with E-state index in [1.807, 2.05) is 98.7 Å². The fraction of sp³-hybridized carbons (Fsp3) is 0.333. The Bertz CT molecular complexity index is 822. The molecule has 0 bridgehead atoms. The van der Waals surface area contributed by atoms with Crippen molar-refractivity contribution in [3.8, 4) is 17.2 Å². The second kappa shape index (κ2) is 12.9. The van der Waals surface area contributed by atoms with E-state index in [0.717, 1.165) is 50.1 Å². The minimum atomic E-state index is 0. The molecule has 31 heavy (non-hydrogen) atoms. The number of benzene rings is 3. The molecular formula is C27H33O3Y. The molecule has 0 unspecified atom stereocenters. The first-order chi connectivity index (χ1) is 13.8. The quantitative estimate of drug-likeness (QED) is 0.439. The molecule has 0 aliphatic heterocycles. The summed E-state index contributed by atoms with van der Waals surface area (Å²) in [6.07, 6.45) is 0. The summed E-state index contributed by atoms with van der Waals surface area (Å²) in [6, 6.07) is 11.5. The Hall–Kier alpha value is -1.84. The standard InChI is InChI=1S/3C9H12O.Y/c3*1-6-4-7(2)9(10)8(3)5-6;/h3*4-5,10H,1-3H3;/q;;;+3/p-3. The molecule has 0 saturated heterocycles. The summed E-state index contributed by atoms with van der Waals surface area (Å²) in [5, 5.41) is 33.4. The molecule has 0 spiro atoms. The predicted molar refractivity (Wildman–Crippen MR) is 120 cm³/mol. The second-order valence-corrected chi connectivity index (χ2v) is 8.18. The molecule has 3 aromatic carbocycles. The van der Waals surface area contributed by atoms with Crippen molar-refractivity contribution in [3.05, 3.63) is 86.5 Å². The predicted octanol–water partition coefficient (Wildman–Crippen LogP) is 5.05. The summed E-state index contributed by atoms with van der Waals surface area (Å²) in [4.78, 5) is 0. The van der Waals surface area contributed by atoms with Crippen LogP contribution < -0.4 is 15.3 Å². The Morgan fingerprint density at radius 3 is 0.613 bits per heavy atom. The summed E-state index contributed by atoms with van der Waals surface area (Å²) >= 11 is 0. The van der Waals surface area contributed by atoms with E-state index in [2.05, 4.69) is 0 Å². The Morgan fingerprint density at radius 1 is 0.355 bits per heavy atom. The summed E-state index contributed by atoms with van der Waals surface area (Å²) in [7, 11) is 0. The van der Waals surface area contributed by atoms with Gasteiger partial charge in [0.15, 0.2) is 0 Å². The summed E-state index contributed by atoms with van der Waals surface area (Å²) in [5.41, 5.74) is 8.55. The van der Waals surface area contributed by atoms with Gasteiger partial charge in [-0.2, -0.15) is 0 Å². The third-order valence-electron chi connectivity index (χ3n) is 4.81. The normalized spacial score (nSPS) is 9.58. The van der Waals surface area contributed by atoms with E-state index in [-0.39, 0.29) is 50.0 Å². The van der Waals surface area contributed by atoms with Gasteiger partial charge in [0.2, 0.25) is 0 Å². The third-order valence-corrected chi connectivity index (χ3v) is 4.81. The molecule has 0 amide bonds. The Labute approximate surface area is 213 Å². The van der Waals surface area contributed by atoms with Crippen molar-refractivity contribution in [3.63, 3.8) is 0 Å². The van der Waals surface area contributed by atoms with E-state index >= 15 is 0 Å². The van der Waals surface area contributed by atoms with Crippen LogP contribution in [-0.2, 0) is 32.7 Å². The van der Waals surface area contributed by atoms with Gasteiger partial charge in [-0.15, -0.1) is 17.2 Å². The maximum Gasteiger partial charge on any atom is 3.00 e. The van der Waals surface area contributed by atoms with Crippen molar-refractivity contribution in [2.24, 2.45) is 0 Å². The fourth-order valence-corrected chi connectivity index (χ4v) is 3.50. The second-order valence-electron chi connectivity index (χ2n) is 8.18. The molecular weight excluding hydrogens is 461 g/mol. The molecule has 0 saturated carbocycles. The van der Waals surface area contributed by atoms with E-state index in [0.29, 0.717) is 0 Å². The van der Waals surface area contributed by atoms with Crippen molar-refractivity contribution < 1.29 is 48.0 Å². The summed E-state index contributed by atoms with van der Waals surface area (Å²) in [5.74, 6) is 0.516. The van der Waals surface area contributed by atoms with Crippen LogP contribution in [0.1, 0.15) is 50.1 Å². The van der Waals surface area contributed by atoms with Crippen LogP contribution in [-0.4, -0.2) is 0 Å². The summed E-state index contributed by atoms with van der Waals surface area (Å²) in [6.45, 7) is 17.1. The smallest absolute Gasteiger partial charge is 0.872 e. The third kappa shape index (κ3) is 9.05. The minimum absolute atomic E-state index is 0. The van der Waals surface area contributed by atoms with Gasteiger partial charge >= 0.3 is 32.7 Å². The first-order valence-corrected chi connectivity index (χ1v) is 10.1. The summed E-state index contributed by atoms with van der Waals surface area (Å²) < 4.78 is 0. The zero-order valence-electron chi connectivity index (χ0n) is 20.3. The molecule has 0 atom stereocenters. The van der Waals surface area contributed by atoms with Gasteiger partial charge in [0, 0.05) is 0 Å². The molecule has 0 aliphatic rings. The zero-order valence-corrected chi connectivity index (χ0v) is 23.1. The van der Waals surface area contributed by atoms with Gasteiger partial charge in [0.25, 0.3) is 0 Å². The molecule has 4 heteroatoms. The Kier molecular flexibility index (Phi) is 12.1. The maximum absolute atomic E-state index is 11.1. The van der Waals surface area contributed by atoms with Gasteiger partial charge in [-0.3, -0.25) is 0 Å². The van der Waals surface area contributed by atoms with Crippen LogP contribution >= 0.6 is 0 Å². The van der Waals surface area contributed by atoms with E-state index in [4.69, 9.17) is 0 Å². The fourth-order valence-electron chi connectivity index (χ4n) is 3.50. The topological polar surface area (TPSA) is 69.2 Å². The SMILES string of the molecule is Cc1cc(C)c([O-])c(C)c1.Cc1cc(C)c([O-])c(C)c1.Cc1cc(C)c([O-])c(C)c1.[Y+3]. The Morgan fingerprint density at radius 2 is 0.484 bits per heavy atom. The molecule has 162 valence electrons. The van der Waals surface area contributed by atoms with Crippen LogP contribution in [0.3, 0.4) is 0 Å². The average Bonchev–Trinajstić information content (AvgIpc) is 2.63. The molecule has 0 aliphatic carbocycles. The van der Waals surface area contributed by atoms with Gasteiger partial charge in [0.05, 0.1) is 0 Å². The van der Waals surface area contributed by atoms with Crippen molar-refractivity contribution in [2.45, 2.75) is 62.3 Å². The van der Waals surface area contributed by atoms with Gasteiger partial charge < -0.3 is 15.3 Å². The average molecular weight is 494 g/mol. The molecule has 0 fully saturated rings. The van der Waals surface area contributed by atoms with Crippen molar-refractivity contribution in [2.75, 3.05) is 0 Å². The first kappa shape index (κ1) is 29.2. The first-order valence-electron chi connectivity index (χ1n) is 10.1.